The molecule has 0 radical (unpaired) electrons. The van der Waals surface area contributed by atoms with Gasteiger partial charge in [-0.15, -0.1) is 0 Å². The molecule has 3 heterocycles. The second-order valence-electron chi connectivity index (χ2n) is 6.53. The van der Waals surface area contributed by atoms with E-state index in [9.17, 15) is 0 Å². The normalized spacial score (nSPS) is 27.4. The average Bonchev–Trinajstić information content (AvgIpc) is 3.11. The minimum absolute atomic E-state index is 0.591. The molecule has 0 amide bonds. The molecule has 2 saturated heterocycles. The Hall–Kier alpha value is -1.38. The molecule has 2 bridgehead atoms. The third kappa shape index (κ3) is 2.66. The first-order chi connectivity index (χ1) is 10.8. The quantitative estimate of drug-likeness (QED) is 0.783. The molecule has 114 valence electrons. The van der Waals surface area contributed by atoms with Gasteiger partial charge in [-0.25, -0.2) is 4.98 Å². The van der Waals surface area contributed by atoms with Crippen molar-refractivity contribution in [2.75, 3.05) is 6.54 Å². The van der Waals surface area contributed by atoms with Crippen molar-refractivity contribution in [3.63, 3.8) is 0 Å². The lowest BCUT2D eigenvalue weighted by Crippen LogP contribution is -2.32. The van der Waals surface area contributed by atoms with E-state index in [4.69, 9.17) is 11.6 Å². The van der Waals surface area contributed by atoms with E-state index in [2.05, 4.69) is 46.3 Å². The predicted octanol–water partition coefficient (Wildman–Crippen LogP) is 4.30. The highest BCUT2D eigenvalue weighted by Gasteiger charge is 2.46. The van der Waals surface area contributed by atoms with Crippen LogP contribution >= 0.6 is 11.6 Å². The number of hydrogen-bond acceptors (Lipinski definition) is 2. The van der Waals surface area contributed by atoms with Crippen molar-refractivity contribution >= 4 is 11.6 Å². The van der Waals surface area contributed by atoms with Crippen LogP contribution in [-0.4, -0.2) is 28.5 Å². The van der Waals surface area contributed by atoms with Gasteiger partial charge in [-0.05, 0) is 42.9 Å². The SMILES string of the molecule is Clc1ccc(C2C[C@H]3CC[C@H]2N3CCc2ccccc2)cn1. The molecule has 4 rings (SSSR count). The fraction of sp³-hybridized carbons (Fsp3) is 0.421. The highest BCUT2D eigenvalue weighted by molar-refractivity contribution is 6.29. The summed E-state index contributed by atoms with van der Waals surface area (Å²) >= 11 is 5.92. The summed E-state index contributed by atoms with van der Waals surface area (Å²) in [5, 5.41) is 0.591. The fourth-order valence-electron chi connectivity index (χ4n) is 4.32. The molecule has 3 heteroatoms. The molecule has 22 heavy (non-hydrogen) atoms. The van der Waals surface area contributed by atoms with E-state index in [0.29, 0.717) is 17.1 Å². The molecule has 1 unspecified atom stereocenters. The first kappa shape index (κ1) is 14.2. The van der Waals surface area contributed by atoms with E-state index in [1.807, 2.05) is 12.3 Å². The zero-order valence-corrected chi connectivity index (χ0v) is 13.4. The summed E-state index contributed by atoms with van der Waals surface area (Å²) < 4.78 is 0. The van der Waals surface area contributed by atoms with Crippen molar-refractivity contribution in [3.8, 4) is 0 Å². The molecule has 3 atom stereocenters. The molecule has 2 aliphatic rings. The van der Waals surface area contributed by atoms with Crippen LogP contribution in [0, 0.1) is 0 Å². The molecule has 0 saturated carbocycles. The van der Waals surface area contributed by atoms with E-state index in [0.717, 1.165) is 12.5 Å². The third-order valence-electron chi connectivity index (χ3n) is 5.36. The Kier molecular flexibility index (Phi) is 3.89. The smallest absolute Gasteiger partial charge is 0.129 e. The van der Waals surface area contributed by atoms with Gasteiger partial charge in [0.2, 0.25) is 0 Å². The van der Waals surface area contributed by atoms with Crippen molar-refractivity contribution in [3.05, 3.63) is 64.9 Å². The Morgan fingerprint density at radius 1 is 1.09 bits per heavy atom. The Morgan fingerprint density at radius 2 is 1.95 bits per heavy atom. The maximum absolute atomic E-state index is 5.92. The van der Waals surface area contributed by atoms with Crippen LogP contribution in [-0.2, 0) is 6.42 Å². The average molecular weight is 313 g/mol. The number of aromatic nitrogens is 1. The van der Waals surface area contributed by atoms with Gasteiger partial charge in [0.05, 0.1) is 0 Å². The summed E-state index contributed by atoms with van der Waals surface area (Å²) in [7, 11) is 0. The van der Waals surface area contributed by atoms with Crippen LogP contribution in [0.15, 0.2) is 48.7 Å². The molecule has 0 spiro atoms. The number of hydrogen-bond donors (Lipinski definition) is 0. The van der Waals surface area contributed by atoms with Crippen LogP contribution in [0.5, 0.6) is 0 Å². The van der Waals surface area contributed by atoms with Crippen LogP contribution in [0.1, 0.15) is 36.3 Å². The van der Waals surface area contributed by atoms with Crippen LogP contribution in [0.25, 0.3) is 0 Å². The van der Waals surface area contributed by atoms with Gasteiger partial charge in [0, 0.05) is 30.7 Å². The van der Waals surface area contributed by atoms with Crippen molar-refractivity contribution in [1.29, 1.82) is 0 Å². The minimum Gasteiger partial charge on any atom is -0.296 e. The zero-order valence-electron chi connectivity index (χ0n) is 12.7. The summed E-state index contributed by atoms with van der Waals surface area (Å²) in [4.78, 5) is 7.02. The lowest BCUT2D eigenvalue weighted by atomic mass is 9.85. The summed E-state index contributed by atoms with van der Waals surface area (Å²) in [6.45, 7) is 1.18. The highest BCUT2D eigenvalue weighted by atomic mass is 35.5. The Balaban J connectivity index is 1.45. The van der Waals surface area contributed by atoms with Crippen LogP contribution < -0.4 is 0 Å². The zero-order chi connectivity index (χ0) is 14.9. The lowest BCUT2D eigenvalue weighted by Gasteiger charge is -2.24. The first-order valence-electron chi connectivity index (χ1n) is 8.22. The summed E-state index contributed by atoms with van der Waals surface area (Å²) in [6.07, 6.45) is 7.09. The van der Waals surface area contributed by atoms with Crippen molar-refractivity contribution in [2.45, 2.75) is 43.7 Å². The van der Waals surface area contributed by atoms with E-state index >= 15 is 0 Å². The van der Waals surface area contributed by atoms with Crippen molar-refractivity contribution < 1.29 is 0 Å². The standard InChI is InChI=1S/C19H21ClN2/c20-19-9-6-15(13-21-19)17-12-16-7-8-18(17)22(16)11-10-14-4-2-1-3-5-14/h1-6,9,13,16-18H,7-8,10-12H2/t16-,17?,18-/m1/s1. The number of rotatable bonds is 4. The first-order valence-corrected chi connectivity index (χ1v) is 8.60. The second kappa shape index (κ2) is 6.02. The van der Waals surface area contributed by atoms with Gasteiger partial charge >= 0.3 is 0 Å². The number of halogens is 1. The van der Waals surface area contributed by atoms with E-state index in [-0.39, 0.29) is 0 Å². The van der Waals surface area contributed by atoms with Crippen molar-refractivity contribution in [1.82, 2.24) is 9.88 Å². The van der Waals surface area contributed by atoms with E-state index in [1.165, 1.54) is 36.9 Å². The summed E-state index contributed by atoms with van der Waals surface area (Å²) in [6, 6.07) is 16.4. The summed E-state index contributed by atoms with van der Waals surface area (Å²) in [5.41, 5.74) is 2.81. The van der Waals surface area contributed by atoms with Crippen LogP contribution in [0.4, 0.5) is 0 Å². The van der Waals surface area contributed by atoms with Gasteiger partial charge in [-0.3, -0.25) is 4.90 Å². The largest absolute Gasteiger partial charge is 0.296 e. The van der Waals surface area contributed by atoms with Gasteiger partial charge < -0.3 is 0 Å². The Morgan fingerprint density at radius 3 is 2.73 bits per heavy atom. The van der Waals surface area contributed by atoms with Gasteiger partial charge in [0.15, 0.2) is 0 Å². The molecule has 2 aliphatic heterocycles. The Labute approximate surface area is 137 Å². The molecular formula is C19H21ClN2. The maximum atomic E-state index is 5.92. The number of nitrogens with zero attached hydrogens (tertiary/aromatic N) is 2. The summed E-state index contributed by atoms with van der Waals surface area (Å²) in [5.74, 6) is 0.638. The van der Waals surface area contributed by atoms with Crippen LogP contribution in [0.3, 0.4) is 0 Å². The maximum Gasteiger partial charge on any atom is 0.129 e. The lowest BCUT2D eigenvalue weighted by molar-refractivity contribution is 0.251. The van der Waals surface area contributed by atoms with Gasteiger partial charge in [-0.1, -0.05) is 48.0 Å². The number of pyridine rings is 1. The number of fused-ring (bicyclic) bond motifs is 2. The fourth-order valence-corrected chi connectivity index (χ4v) is 4.43. The number of benzene rings is 1. The van der Waals surface area contributed by atoms with Crippen molar-refractivity contribution in [2.24, 2.45) is 0 Å². The molecule has 0 N–H and O–H groups in total. The van der Waals surface area contributed by atoms with Gasteiger partial charge in [0.25, 0.3) is 0 Å². The monoisotopic (exact) mass is 312 g/mol. The topological polar surface area (TPSA) is 16.1 Å². The molecule has 1 aromatic heterocycles. The molecule has 1 aromatic carbocycles. The molecule has 2 aromatic rings. The van der Waals surface area contributed by atoms with Gasteiger partial charge in [0.1, 0.15) is 5.15 Å². The van der Waals surface area contributed by atoms with E-state index in [1.54, 1.807) is 0 Å². The minimum atomic E-state index is 0.591. The Bertz CT molecular complexity index is 626. The van der Waals surface area contributed by atoms with Gasteiger partial charge in [-0.2, -0.15) is 0 Å². The van der Waals surface area contributed by atoms with Crippen LogP contribution in [0.2, 0.25) is 5.15 Å². The second-order valence-corrected chi connectivity index (χ2v) is 6.92. The third-order valence-corrected chi connectivity index (χ3v) is 5.58. The molecule has 0 aliphatic carbocycles. The molecule has 2 fully saturated rings. The predicted molar refractivity (Wildman–Crippen MR) is 90.3 cm³/mol. The highest BCUT2D eigenvalue weighted by Crippen LogP contribution is 2.46. The molecule has 2 nitrogen and oxygen atoms in total. The van der Waals surface area contributed by atoms with E-state index < -0.39 is 0 Å². The molecular weight excluding hydrogens is 292 g/mol.